The Morgan fingerprint density at radius 3 is 3.07 bits per heavy atom. The molecule has 1 heterocycles. The van der Waals surface area contributed by atoms with Crippen molar-refractivity contribution >= 4 is 5.69 Å². The Morgan fingerprint density at radius 2 is 2.27 bits per heavy atom. The second-order valence-electron chi connectivity index (χ2n) is 4.53. The number of benzene rings is 1. The molecule has 2 heteroatoms. The van der Waals surface area contributed by atoms with Crippen LogP contribution in [0.4, 0.5) is 5.69 Å². The Labute approximate surface area is 92.1 Å². The van der Waals surface area contributed by atoms with Crippen LogP contribution in [0.5, 0.6) is 0 Å². The summed E-state index contributed by atoms with van der Waals surface area (Å²) in [5.74, 6) is 0. The lowest BCUT2D eigenvalue weighted by Gasteiger charge is -2.08. The van der Waals surface area contributed by atoms with Gasteiger partial charge in [-0.3, -0.25) is 0 Å². The molecule has 2 N–H and O–H groups in total. The molecule has 82 valence electrons. The van der Waals surface area contributed by atoms with Gasteiger partial charge in [-0.05, 0) is 36.6 Å². The van der Waals surface area contributed by atoms with E-state index in [1.54, 1.807) is 0 Å². The van der Waals surface area contributed by atoms with Crippen molar-refractivity contribution in [1.82, 2.24) is 5.32 Å². The summed E-state index contributed by atoms with van der Waals surface area (Å²) < 4.78 is 0. The van der Waals surface area contributed by atoms with E-state index < -0.39 is 0 Å². The summed E-state index contributed by atoms with van der Waals surface area (Å²) in [6.07, 6.45) is 2.31. The van der Waals surface area contributed by atoms with Gasteiger partial charge in [0.2, 0.25) is 0 Å². The van der Waals surface area contributed by atoms with Gasteiger partial charge in [0.25, 0.3) is 0 Å². The second-order valence-corrected chi connectivity index (χ2v) is 4.53. The van der Waals surface area contributed by atoms with E-state index >= 15 is 0 Å². The smallest absolute Gasteiger partial charge is 0.0373 e. The minimum Gasteiger partial charge on any atom is -0.384 e. The molecule has 1 aromatic carbocycles. The van der Waals surface area contributed by atoms with Gasteiger partial charge in [-0.15, -0.1) is 0 Å². The highest BCUT2D eigenvalue weighted by atomic mass is 14.9. The molecule has 0 fully saturated rings. The molecule has 0 atom stereocenters. The van der Waals surface area contributed by atoms with Crippen LogP contribution < -0.4 is 10.6 Å². The Hall–Kier alpha value is -1.02. The van der Waals surface area contributed by atoms with E-state index in [0.717, 1.165) is 19.5 Å². The summed E-state index contributed by atoms with van der Waals surface area (Å²) in [6, 6.07) is 7.38. The SMILES string of the molecule is CC(C)NCCc1ccc2c(c1)CCN2. The molecule has 0 spiro atoms. The van der Waals surface area contributed by atoms with Gasteiger partial charge in [-0.2, -0.15) is 0 Å². The lowest BCUT2D eigenvalue weighted by molar-refractivity contribution is 0.590. The van der Waals surface area contributed by atoms with Crippen molar-refractivity contribution in [2.45, 2.75) is 32.7 Å². The zero-order valence-electron chi connectivity index (χ0n) is 9.64. The number of hydrogen-bond donors (Lipinski definition) is 2. The molecular formula is C13H20N2. The molecule has 0 saturated carbocycles. The zero-order valence-corrected chi connectivity index (χ0v) is 9.64. The number of anilines is 1. The third-order valence-corrected chi connectivity index (χ3v) is 2.85. The van der Waals surface area contributed by atoms with Gasteiger partial charge >= 0.3 is 0 Å². The monoisotopic (exact) mass is 204 g/mol. The maximum absolute atomic E-state index is 3.45. The third-order valence-electron chi connectivity index (χ3n) is 2.85. The molecule has 0 aliphatic carbocycles. The average molecular weight is 204 g/mol. The van der Waals surface area contributed by atoms with Crippen molar-refractivity contribution < 1.29 is 0 Å². The van der Waals surface area contributed by atoms with Gasteiger partial charge in [0.05, 0.1) is 0 Å². The van der Waals surface area contributed by atoms with Crippen LogP contribution in [0.2, 0.25) is 0 Å². The fourth-order valence-electron chi connectivity index (χ4n) is 2.02. The molecule has 0 radical (unpaired) electrons. The lowest BCUT2D eigenvalue weighted by atomic mass is 10.1. The number of nitrogens with one attached hydrogen (secondary N) is 2. The van der Waals surface area contributed by atoms with Crippen LogP contribution in [0.25, 0.3) is 0 Å². The predicted octanol–water partition coefficient (Wildman–Crippen LogP) is 2.20. The molecule has 0 unspecified atom stereocenters. The van der Waals surface area contributed by atoms with Gasteiger partial charge in [0, 0.05) is 18.3 Å². The Kier molecular flexibility index (Phi) is 3.27. The minimum atomic E-state index is 0.584. The summed E-state index contributed by atoms with van der Waals surface area (Å²) >= 11 is 0. The molecule has 2 rings (SSSR count). The molecule has 15 heavy (non-hydrogen) atoms. The van der Waals surface area contributed by atoms with Gasteiger partial charge in [-0.25, -0.2) is 0 Å². The largest absolute Gasteiger partial charge is 0.384 e. The molecule has 1 aromatic rings. The molecule has 0 saturated heterocycles. The summed E-state index contributed by atoms with van der Waals surface area (Å²) in [4.78, 5) is 0. The van der Waals surface area contributed by atoms with Crippen LogP contribution in [-0.2, 0) is 12.8 Å². The van der Waals surface area contributed by atoms with Gasteiger partial charge in [-0.1, -0.05) is 26.0 Å². The van der Waals surface area contributed by atoms with E-state index in [9.17, 15) is 0 Å². The summed E-state index contributed by atoms with van der Waals surface area (Å²) in [7, 11) is 0. The first-order chi connectivity index (χ1) is 7.25. The predicted molar refractivity (Wildman–Crippen MR) is 65.5 cm³/mol. The molecule has 1 aliphatic rings. The number of fused-ring (bicyclic) bond motifs is 1. The average Bonchev–Trinajstić information content (AvgIpc) is 2.64. The van der Waals surface area contributed by atoms with Crippen molar-refractivity contribution in [2.24, 2.45) is 0 Å². The summed E-state index contributed by atoms with van der Waals surface area (Å²) in [6.45, 7) is 6.55. The van der Waals surface area contributed by atoms with Crippen LogP contribution >= 0.6 is 0 Å². The van der Waals surface area contributed by atoms with Crippen molar-refractivity contribution in [3.63, 3.8) is 0 Å². The molecular weight excluding hydrogens is 184 g/mol. The van der Waals surface area contributed by atoms with E-state index in [1.165, 1.54) is 23.2 Å². The highest BCUT2D eigenvalue weighted by molar-refractivity contribution is 5.56. The number of hydrogen-bond acceptors (Lipinski definition) is 2. The van der Waals surface area contributed by atoms with Crippen molar-refractivity contribution in [3.8, 4) is 0 Å². The molecule has 2 nitrogen and oxygen atoms in total. The van der Waals surface area contributed by atoms with Gasteiger partial charge < -0.3 is 10.6 Å². The van der Waals surface area contributed by atoms with E-state index in [2.05, 4.69) is 42.7 Å². The molecule has 0 bridgehead atoms. The van der Waals surface area contributed by atoms with E-state index in [-0.39, 0.29) is 0 Å². The van der Waals surface area contributed by atoms with Crippen LogP contribution in [0, 0.1) is 0 Å². The van der Waals surface area contributed by atoms with E-state index in [1.807, 2.05) is 0 Å². The highest BCUT2D eigenvalue weighted by Crippen LogP contribution is 2.22. The minimum absolute atomic E-state index is 0.584. The molecule has 0 amide bonds. The highest BCUT2D eigenvalue weighted by Gasteiger charge is 2.09. The summed E-state index contributed by atoms with van der Waals surface area (Å²) in [5, 5.41) is 6.83. The Balaban J connectivity index is 1.92. The maximum Gasteiger partial charge on any atom is 0.0373 e. The zero-order chi connectivity index (χ0) is 10.7. The normalized spacial score (nSPS) is 14.1. The fourth-order valence-corrected chi connectivity index (χ4v) is 2.02. The van der Waals surface area contributed by atoms with Gasteiger partial charge in [0.1, 0.15) is 0 Å². The molecule has 1 aliphatic heterocycles. The standard InChI is InChI=1S/C13H20N2/c1-10(2)14-7-5-11-3-4-13-12(9-11)6-8-15-13/h3-4,9-10,14-15H,5-8H2,1-2H3. The fraction of sp³-hybridized carbons (Fsp3) is 0.538. The van der Waals surface area contributed by atoms with Crippen molar-refractivity contribution in [3.05, 3.63) is 29.3 Å². The number of rotatable bonds is 4. The van der Waals surface area contributed by atoms with Crippen LogP contribution in [-0.4, -0.2) is 19.1 Å². The van der Waals surface area contributed by atoms with Crippen LogP contribution in [0.15, 0.2) is 18.2 Å². The van der Waals surface area contributed by atoms with E-state index in [0.29, 0.717) is 6.04 Å². The van der Waals surface area contributed by atoms with Crippen molar-refractivity contribution in [2.75, 3.05) is 18.4 Å². The summed E-state index contributed by atoms with van der Waals surface area (Å²) in [5.41, 5.74) is 4.26. The lowest BCUT2D eigenvalue weighted by Crippen LogP contribution is -2.24. The second kappa shape index (κ2) is 4.67. The first-order valence-electron chi connectivity index (χ1n) is 5.85. The first kappa shape index (κ1) is 10.5. The Morgan fingerprint density at radius 1 is 1.40 bits per heavy atom. The van der Waals surface area contributed by atoms with E-state index in [4.69, 9.17) is 0 Å². The quantitative estimate of drug-likeness (QED) is 0.785. The first-order valence-corrected chi connectivity index (χ1v) is 5.85. The van der Waals surface area contributed by atoms with Gasteiger partial charge in [0.15, 0.2) is 0 Å². The topological polar surface area (TPSA) is 24.1 Å². The Bertz CT molecular complexity index is 331. The third kappa shape index (κ3) is 2.72. The molecule has 0 aromatic heterocycles. The van der Waals surface area contributed by atoms with Crippen molar-refractivity contribution in [1.29, 1.82) is 0 Å². The van der Waals surface area contributed by atoms with Crippen LogP contribution in [0.1, 0.15) is 25.0 Å². The maximum atomic E-state index is 3.45. The van der Waals surface area contributed by atoms with Crippen LogP contribution in [0.3, 0.4) is 0 Å².